The van der Waals surface area contributed by atoms with Crippen molar-refractivity contribution in [2.45, 2.75) is 32.2 Å². The fourth-order valence-corrected chi connectivity index (χ4v) is 1.88. The Kier molecular flexibility index (Phi) is 2.27. The van der Waals surface area contributed by atoms with Crippen LogP contribution in [0.15, 0.2) is 12.5 Å². The van der Waals surface area contributed by atoms with Crippen LogP contribution < -0.4 is 5.32 Å². The molecule has 4 nitrogen and oxygen atoms in total. The lowest BCUT2D eigenvalue weighted by molar-refractivity contribution is -0.119. The summed E-state index contributed by atoms with van der Waals surface area (Å²) in [4.78, 5) is 15.2. The molecule has 2 rings (SSSR count). The van der Waals surface area contributed by atoms with Crippen LogP contribution in [0.3, 0.4) is 0 Å². The predicted octanol–water partition coefficient (Wildman–Crippen LogP) is 1.07. The van der Waals surface area contributed by atoms with Crippen LogP contribution in [-0.4, -0.2) is 22.0 Å². The Morgan fingerprint density at radius 3 is 3.00 bits per heavy atom. The summed E-state index contributed by atoms with van der Waals surface area (Å²) in [6.07, 6.45) is 4.30. The lowest BCUT2D eigenvalue weighted by atomic mass is 10.1. The maximum absolute atomic E-state index is 11.1. The van der Waals surface area contributed by atoms with Crippen molar-refractivity contribution in [2.24, 2.45) is 0 Å². The summed E-state index contributed by atoms with van der Waals surface area (Å²) in [5.74, 6) is 0.443. The number of nitrogens with zero attached hydrogens (tertiary/aromatic N) is 2. The van der Waals surface area contributed by atoms with Crippen molar-refractivity contribution < 1.29 is 4.79 Å². The summed E-state index contributed by atoms with van der Waals surface area (Å²) in [6, 6.07) is 0.406. The molecule has 1 amide bonds. The average Bonchev–Trinajstić information content (AvgIpc) is 2.70. The van der Waals surface area contributed by atoms with Crippen LogP contribution in [-0.2, 0) is 4.79 Å². The van der Waals surface area contributed by atoms with Gasteiger partial charge in [0.15, 0.2) is 0 Å². The van der Waals surface area contributed by atoms with Crippen molar-refractivity contribution >= 4 is 5.91 Å². The molecule has 1 saturated heterocycles. The quantitative estimate of drug-likeness (QED) is 0.763. The lowest BCUT2D eigenvalue weighted by Crippen LogP contribution is -2.14. The first-order valence-corrected chi connectivity index (χ1v) is 4.97. The second-order valence-corrected chi connectivity index (χ2v) is 4.02. The Labute approximate surface area is 83.3 Å². The third-order valence-corrected chi connectivity index (χ3v) is 2.65. The van der Waals surface area contributed by atoms with Crippen LogP contribution >= 0.6 is 0 Å². The van der Waals surface area contributed by atoms with Crippen LogP contribution in [0, 0.1) is 0 Å². The molecule has 1 aliphatic rings. The molecular weight excluding hydrogens is 178 g/mol. The van der Waals surface area contributed by atoms with Gasteiger partial charge in [0, 0.05) is 36.8 Å². The van der Waals surface area contributed by atoms with Gasteiger partial charge in [0.25, 0.3) is 0 Å². The normalized spacial score (nSPS) is 21.6. The van der Waals surface area contributed by atoms with Crippen molar-refractivity contribution in [1.29, 1.82) is 0 Å². The van der Waals surface area contributed by atoms with Gasteiger partial charge in [-0.2, -0.15) is 0 Å². The number of carbonyl (C=O) groups excluding carboxylic acids is 1. The molecule has 4 heteroatoms. The Balaban J connectivity index is 2.23. The molecule has 1 unspecified atom stereocenters. The van der Waals surface area contributed by atoms with Crippen LogP contribution in [0.25, 0.3) is 0 Å². The molecule has 0 aromatic carbocycles. The Morgan fingerprint density at radius 1 is 1.64 bits per heavy atom. The fourth-order valence-electron chi connectivity index (χ4n) is 1.88. The van der Waals surface area contributed by atoms with Crippen molar-refractivity contribution in [3.05, 3.63) is 18.2 Å². The van der Waals surface area contributed by atoms with E-state index in [1.54, 1.807) is 0 Å². The second kappa shape index (κ2) is 3.44. The molecule has 2 heterocycles. The number of aromatic nitrogens is 2. The minimum atomic E-state index is 0.145. The van der Waals surface area contributed by atoms with E-state index in [0.717, 1.165) is 6.54 Å². The summed E-state index contributed by atoms with van der Waals surface area (Å²) in [7, 11) is 0. The van der Waals surface area contributed by atoms with E-state index in [4.69, 9.17) is 0 Å². The maximum atomic E-state index is 11.1. The Morgan fingerprint density at radius 2 is 2.43 bits per heavy atom. The highest BCUT2D eigenvalue weighted by molar-refractivity contribution is 5.79. The number of amides is 1. The zero-order valence-electron chi connectivity index (χ0n) is 8.53. The van der Waals surface area contributed by atoms with Crippen LogP contribution in [0.1, 0.15) is 37.9 Å². The van der Waals surface area contributed by atoms with Crippen molar-refractivity contribution in [2.75, 3.05) is 6.54 Å². The van der Waals surface area contributed by atoms with E-state index in [2.05, 4.69) is 28.7 Å². The fraction of sp³-hybridized carbons (Fsp3) is 0.600. The Hall–Kier alpha value is -1.32. The van der Waals surface area contributed by atoms with Gasteiger partial charge in [-0.3, -0.25) is 4.79 Å². The molecule has 0 saturated carbocycles. The topological polar surface area (TPSA) is 46.9 Å². The number of carbonyl (C=O) groups is 1. The molecule has 1 atom stereocenters. The summed E-state index contributed by atoms with van der Waals surface area (Å²) in [5, 5.41) is 2.84. The summed E-state index contributed by atoms with van der Waals surface area (Å²) in [5.41, 5.74) is 1.17. The molecule has 0 spiro atoms. The van der Waals surface area contributed by atoms with Gasteiger partial charge in [0.05, 0.1) is 6.33 Å². The smallest absolute Gasteiger partial charge is 0.220 e. The lowest BCUT2D eigenvalue weighted by Gasteiger charge is -2.14. The van der Waals surface area contributed by atoms with E-state index in [1.165, 1.54) is 5.69 Å². The molecule has 1 aliphatic heterocycles. The third kappa shape index (κ3) is 1.52. The highest BCUT2D eigenvalue weighted by Crippen LogP contribution is 2.24. The average molecular weight is 193 g/mol. The van der Waals surface area contributed by atoms with E-state index in [-0.39, 0.29) is 5.91 Å². The minimum absolute atomic E-state index is 0.145. The summed E-state index contributed by atoms with van der Waals surface area (Å²) >= 11 is 0. The van der Waals surface area contributed by atoms with Crippen molar-refractivity contribution in [3.8, 4) is 0 Å². The van der Waals surface area contributed by atoms with E-state index >= 15 is 0 Å². The van der Waals surface area contributed by atoms with E-state index in [0.29, 0.717) is 18.4 Å². The van der Waals surface area contributed by atoms with Gasteiger partial charge in [-0.25, -0.2) is 4.98 Å². The molecule has 1 aromatic rings. The SMILES string of the molecule is CC(C)n1cncc1C1CNC(=O)C1. The summed E-state index contributed by atoms with van der Waals surface area (Å²) in [6.45, 7) is 4.99. The van der Waals surface area contributed by atoms with Gasteiger partial charge in [0.2, 0.25) is 5.91 Å². The monoisotopic (exact) mass is 193 g/mol. The van der Waals surface area contributed by atoms with Crippen LogP contribution in [0.5, 0.6) is 0 Å². The molecule has 1 fully saturated rings. The van der Waals surface area contributed by atoms with Gasteiger partial charge in [0.1, 0.15) is 0 Å². The maximum Gasteiger partial charge on any atom is 0.220 e. The van der Waals surface area contributed by atoms with Gasteiger partial charge >= 0.3 is 0 Å². The largest absolute Gasteiger partial charge is 0.355 e. The molecule has 0 radical (unpaired) electrons. The van der Waals surface area contributed by atoms with E-state index in [9.17, 15) is 4.79 Å². The number of imidazole rings is 1. The van der Waals surface area contributed by atoms with Gasteiger partial charge in [-0.05, 0) is 13.8 Å². The molecule has 0 aliphatic carbocycles. The standard InChI is InChI=1S/C10H15N3O/c1-7(2)13-6-11-5-9(13)8-3-10(14)12-4-8/h5-8H,3-4H2,1-2H3,(H,12,14). The molecule has 0 bridgehead atoms. The number of hydrogen-bond acceptors (Lipinski definition) is 2. The highest BCUT2D eigenvalue weighted by Gasteiger charge is 2.25. The zero-order valence-corrected chi connectivity index (χ0v) is 8.53. The molecule has 1 N–H and O–H groups in total. The molecule has 1 aromatic heterocycles. The van der Waals surface area contributed by atoms with E-state index in [1.807, 2.05) is 12.5 Å². The first kappa shape index (κ1) is 9.24. The predicted molar refractivity (Wildman–Crippen MR) is 53.0 cm³/mol. The first-order valence-electron chi connectivity index (χ1n) is 4.97. The van der Waals surface area contributed by atoms with Crippen molar-refractivity contribution in [1.82, 2.24) is 14.9 Å². The second-order valence-electron chi connectivity index (χ2n) is 4.02. The van der Waals surface area contributed by atoms with Crippen LogP contribution in [0.2, 0.25) is 0 Å². The Bertz CT molecular complexity index is 343. The van der Waals surface area contributed by atoms with Gasteiger partial charge < -0.3 is 9.88 Å². The van der Waals surface area contributed by atoms with Crippen LogP contribution in [0.4, 0.5) is 0 Å². The van der Waals surface area contributed by atoms with E-state index < -0.39 is 0 Å². The molecule has 76 valence electrons. The minimum Gasteiger partial charge on any atom is -0.355 e. The van der Waals surface area contributed by atoms with Gasteiger partial charge in [-0.1, -0.05) is 0 Å². The third-order valence-electron chi connectivity index (χ3n) is 2.65. The summed E-state index contributed by atoms with van der Waals surface area (Å²) < 4.78 is 2.13. The number of nitrogens with one attached hydrogen (secondary N) is 1. The molecule has 14 heavy (non-hydrogen) atoms. The number of hydrogen-bond donors (Lipinski definition) is 1. The van der Waals surface area contributed by atoms with Gasteiger partial charge in [-0.15, -0.1) is 0 Å². The number of rotatable bonds is 2. The van der Waals surface area contributed by atoms with Crippen molar-refractivity contribution in [3.63, 3.8) is 0 Å². The first-order chi connectivity index (χ1) is 6.68. The highest BCUT2D eigenvalue weighted by atomic mass is 16.1. The zero-order chi connectivity index (χ0) is 10.1. The molecular formula is C10H15N3O.